The molecule has 0 fully saturated rings. The maximum Gasteiger partial charge on any atom is 0.226 e. The highest BCUT2D eigenvalue weighted by Crippen LogP contribution is 2.28. The van der Waals surface area contributed by atoms with Crippen LogP contribution < -0.4 is 5.32 Å². The molecule has 2 aromatic heterocycles. The molecule has 2 heterocycles. The number of nitrogens with zero attached hydrogens (tertiary/aromatic N) is 3. The van der Waals surface area contributed by atoms with Gasteiger partial charge in [0.2, 0.25) is 5.91 Å². The van der Waals surface area contributed by atoms with Crippen LogP contribution in [0.2, 0.25) is 5.02 Å². The standard InChI is InChI=1S/C24H19ClN4O/c1-15-10-11-16(25)14-20(15)26-22(30)12-13-29-21-9-5-2-6-17(21)23-24(29)28-19-8-4-3-7-18(19)27-23/h2-11,14H,12-13H2,1H3,(H,26,30). The first-order valence-corrected chi connectivity index (χ1v) is 10.2. The minimum Gasteiger partial charge on any atom is -0.326 e. The number of fused-ring (bicyclic) bond motifs is 4. The SMILES string of the molecule is Cc1ccc(Cl)cc1NC(=O)CCn1c2ccccc2c2nc3ccccc3nc21. The van der Waals surface area contributed by atoms with E-state index in [0.29, 0.717) is 18.0 Å². The van der Waals surface area contributed by atoms with E-state index in [1.165, 1.54) is 0 Å². The molecule has 0 atom stereocenters. The van der Waals surface area contributed by atoms with E-state index in [1.54, 1.807) is 6.07 Å². The van der Waals surface area contributed by atoms with Gasteiger partial charge in [0.15, 0.2) is 5.65 Å². The largest absolute Gasteiger partial charge is 0.326 e. The van der Waals surface area contributed by atoms with Gasteiger partial charge in [0.25, 0.3) is 0 Å². The van der Waals surface area contributed by atoms with E-state index in [2.05, 4.69) is 9.88 Å². The lowest BCUT2D eigenvalue weighted by atomic mass is 10.2. The van der Waals surface area contributed by atoms with Crippen LogP contribution in [0, 0.1) is 6.92 Å². The Morgan fingerprint density at radius 1 is 1.00 bits per heavy atom. The number of amides is 1. The Balaban J connectivity index is 1.51. The fourth-order valence-corrected chi connectivity index (χ4v) is 3.94. The van der Waals surface area contributed by atoms with Crippen molar-refractivity contribution in [3.8, 4) is 0 Å². The maximum absolute atomic E-state index is 12.7. The summed E-state index contributed by atoms with van der Waals surface area (Å²) in [4.78, 5) is 22.4. The monoisotopic (exact) mass is 414 g/mol. The Labute approximate surface area is 178 Å². The first-order valence-electron chi connectivity index (χ1n) is 9.80. The van der Waals surface area contributed by atoms with Crippen LogP contribution in [0.15, 0.2) is 66.7 Å². The molecule has 5 aromatic rings. The fourth-order valence-electron chi connectivity index (χ4n) is 3.76. The summed E-state index contributed by atoms with van der Waals surface area (Å²) in [6, 6.07) is 21.4. The zero-order chi connectivity index (χ0) is 20.7. The molecule has 0 radical (unpaired) electrons. The number of rotatable bonds is 4. The van der Waals surface area contributed by atoms with Gasteiger partial charge in [-0.3, -0.25) is 4.79 Å². The molecule has 148 valence electrons. The van der Waals surface area contributed by atoms with Gasteiger partial charge in [-0.1, -0.05) is 48.0 Å². The van der Waals surface area contributed by atoms with Gasteiger partial charge in [0.1, 0.15) is 5.52 Å². The van der Waals surface area contributed by atoms with E-state index < -0.39 is 0 Å². The zero-order valence-corrected chi connectivity index (χ0v) is 17.1. The number of benzene rings is 3. The van der Waals surface area contributed by atoms with Crippen LogP contribution in [-0.2, 0) is 11.3 Å². The highest BCUT2D eigenvalue weighted by Gasteiger charge is 2.15. The number of para-hydroxylation sites is 3. The summed E-state index contributed by atoms with van der Waals surface area (Å²) >= 11 is 6.07. The Morgan fingerprint density at radius 2 is 1.73 bits per heavy atom. The molecule has 0 aliphatic carbocycles. The maximum atomic E-state index is 12.7. The number of carbonyl (C=O) groups is 1. The van der Waals surface area contributed by atoms with Crippen LogP contribution in [0.5, 0.6) is 0 Å². The second-order valence-corrected chi connectivity index (χ2v) is 7.75. The van der Waals surface area contributed by atoms with Crippen molar-refractivity contribution in [2.75, 3.05) is 5.32 Å². The molecule has 0 saturated heterocycles. The first-order chi connectivity index (χ1) is 14.6. The lowest BCUT2D eigenvalue weighted by Crippen LogP contribution is -2.15. The second-order valence-electron chi connectivity index (χ2n) is 7.31. The molecule has 0 bridgehead atoms. The fraction of sp³-hybridized carbons (Fsp3) is 0.125. The van der Waals surface area contributed by atoms with Crippen molar-refractivity contribution in [2.24, 2.45) is 0 Å². The quantitative estimate of drug-likeness (QED) is 0.408. The van der Waals surface area contributed by atoms with Crippen LogP contribution in [0.3, 0.4) is 0 Å². The highest BCUT2D eigenvalue weighted by molar-refractivity contribution is 6.31. The number of anilines is 1. The molecule has 30 heavy (non-hydrogen) atoms. The smallest absolute Gasteiger partial charge is 0.226 e. The average molecular weight is 415 g/mol. The molecule has 1 amide bonds. The van der Waals surface area contributed by atoms with Crippen LogP contribution in [-0.4, -0.2) is 20.4 Å². The number of halogens is 1. The van der Waals surface area contributed by atoms with Crippen molar-refractivity contribution in [1.82, 2.24) is 14.5 Å². The summed E-state index contributed by atoms with van der Waals surface area (Å²) in [6.45, 7) is 2.45. The van der Waals surface area contributed by atoms with Gasteiger partial charge >= 0.3 is 0 Å². The number of hydrogen-bond donors (Lipinski definition) is 1. The van der Waals surface area contributed by atoms with Gasteiger partial charge in [-0.15, -0.1) is 0 Å². The van der Waals surface area contributed by atoms with Crippen LogP contribution in [0.25, 0.3) is 33.1 Å². The molecule has 0 aliphatic rings. The summed E-state index contributed by atoms with van der Waals surface area (Å²) in [5, 5.41) is 4.60. The van der Waals surface area contributed by atoms with Crippen LogP contribution >= 0.6 is 11.6 Å². The third-order valence-electron chi connectivity index (χ3n) is 5.29. The van der Waals surface area contributed by atoms with Crippen molar-refractivity contribution >= 4 is 56.3 Å². The molecule has 5 nitrogen and oxygen atoms in total. The molecule has 3 aromatic carbocycles. The number of carbonyl (C=O) groups excluding carboxylic acids is 1. The summed E-state index contributed by atoms with van der Waals surface area (Å²) in [7, 11) is 0. The van der Waals surface area contributed by atoms with Crippen LogP contribution in [0.4, 0.5) is 5.69 Å². The van der Waals surface area contributed by atoms with Crippen LogP contribution in [0.1, 0.15) is 12.0 Å². The molecule has 0 spiro atoms. The topological polar surface area (TPSA) is 59.8 Å². The van der Waals surface area contributed by atoms with Gasteiger partial charge in [-0.05, 0) is 42.8 Å². The molecule has 0 saturated carbocycles. The van der Waals surface area contributed by atoms with E-state index in [4.69, 9.17) is 21.6 Å². The third-order valence-corrected chi connectivity index (χ3v) is 5.53. The van der Waals surface area contributed by atoms with Crippen molar-refractivity contribution < 1.29 is 4.79 Å². The predicted octanol–water partition coefficient (Wildman–Crippen LogP) is 5.73. The second kappa shape index (κ2) is 7.43. The predicted molar refractivity (Wildman–Crippen MR) is 122 cm³/mol. The minimum atomic E-state index is -0.0694. The van der Waals surface area contributed by atoms with E-state index in [0.717, 1.165) is 44.4 Å². The van der Waals surface area contributed by atoms with E-state index >= 15 is 0 Å². The van der Waals surface area contributed by atoms with E-state index in [9.17, 15) is 4.79 Å². The molecule has 0 aliphatic heterocycles. The summed E-state index contributed by atoms with van der Waals surface area (Å²) in [6.07, 6.45) is 0.314. The molecule has 5 rings (SSSR count). The number of aryl methyl sites for hydroxylation is 2. The van der Waals surface area contributed by atoms with Gasteiger partial charge in [0, 0.05) is 29.1 Å². The zero-order valence-electron chi connectivity index (χ0n) is 16.4. The van der Waals surface area contributed by atoms with Gasteiger partial charge in [0.05, 0.1) is 16.6 Å². The average Bonchev–Trinajstić information content (AvgIpc) is 3.06. The van der Waals surface area contributed by atoms with Crippen molar-refractivity contribution in [1.29, 1.82) is 0 Å². The number of nitrogens with one attached hydrogen (secondary N) is 1. The van der Waals surface area contributed by atoms with Crippen molar-refractivity contribution in [3.05, 3.63) is 77.3 Å². The summed E-state index contributed by atoms with van der Waals surface area (Å²) < 4.78 is 2.08. The van der Waals surface area contributed by atoms with Crippen molar-refractivity contribution in [2.45, 2.75) is 19.9 Å². The molecular formula is C24H19ClN4O. The Hall–Kier alpha value is -3.44. The van der Waals surface area contributed by atoms with E-state index in [-0.39, 0.29) is 5.91 Å². The minimum absolute atomic E-state index is 0.0694. The Morgan fingerprint density at radius 3 is 2.57 bits per heavy atom. The first kappa shape index (κ1) is 18.6. The Kier molecular flexibility index (Phi) is 4.60. The molecule has 1 N–H and O–H groups in total. The molecular weight excluding hydrogens is 396 g/mol. The molecule has 0 unspecified atom stereocenters. The van der Waals surface area contributed by atoms with Gasteiger partial charge in [-0.25, -0.2) is 9.97 Å². The number of aromatic nitrogens is 3. The van der Waals surface area contributed by atoms with E-state index in [1.807, 2.05) is 67.6 Å². The highest BCUT2D eigenvalue weighted by atomic mass is 35.5. The summed E-state index contributed by atoms with van der Waals surface area (Å²) in [5.41, 5.74) is 6.09. The van der Waals surface area contributed by atoms with Gasteiger partial charge < -0.3 is 9.88 Å². The lowest BCUT2D eigenvalue weighted by molar-refractivity contribution is -0.116. The Bertz CT molecular complexity index is 1420. The number of hydrogen-bond acceptors (Lipinski definition) is 3. The normalized spacial score (nSPS) is 11.4. The lowest BCUT2D eigenvalue weighted by Gasteiger charge is -2.10. The third kappa shape index (κ3) is 3.27. The van der Waals surface area contributed by atoms with Gasteiger partial charge in [-0.2, -0.15) is 0 Å². The van der Waals surface area contributed by atoms with Crippen molar-refractivity contribution in [3.63, 3.8) is 0 Å². The molecule has 6 heteroatoms. The summed E-state index contributed by atoms with van der Waals surface area (Å²) in [5.74, 6) is -0.0694.